The van der Waals surface area contributed by atoms with Crippen LogP contribution in [0.2, 0.25) is 0 Å². The highest BCUT2D eigenvalue weighted by Gasteiger charge is 2.68. The van der Waals surface area contributed by atoms with Gasteiger partial charge in [-0.3, -0.25) is 14.4 Å². The molecule has 0 saturated heterocycles. The van der Waals surface area contributed by atoms with E-state index in [1.165, 1.54) is 20.8 Å². The van der Waals surface area contributed by atoms with Crippen LogP contribution in [0.1, 0.15) is 79.6 Å². The number of hydrogen-bond acceptors (Lipinski definition) is 7. The predicted molar refractivity (Wildman–Crippen MR) is 115 cm³/mol. The maximum Gasteiger partial charge on any atom is 0.302 e. The number of esters is 3. The van der Waals surface area contributed by atoms with Gasteiger partial charge in [-0.25, -0.2) is 0 Å². The first-order chi connectivity index (χ1) is 15.0. The summed E-state index contributed by atoms with van der Waals surface area (Å²) in [4.78, 5) is 36.1. The Labute approximate surface area is 190 Å². The van der Waals surface area contributed by atoms with Crippen molar-refractivity contribution >= 4 is 17.9 Å². The molecule has 32 heavy (non-hydrogen) atoms. The first-order valence-electron chi connectivity index (χ1n) is 12.2. The fraction of sp³-hybridized carbons (Fsp3) is 0.880. The number of hydrogen-bond donors (Lipinski definition) is 1. The SMILES string of the molecule is CC(=O)OC1CC2CC(O)CCC2(C)C2CC(OC(C)=O)C3(C)C(OC(C)=O)CCC3C12. The molecule has 7 heteroatoms. The summed E-state index contributed by atoms with van der Waals surface area (Å²) in [6, 6.07) is 0. The molecule has 10 unspecified atom stereocenters. The molecule has 180 valence electrons. The second-order valence-corrected chi connectivity index (χ2v) is 11.2. The summed E-state index contributed by atoms with van der Waals surface area (Å²) in [5, 5.41) is 10.4. The molecule has 0 amide bonds. The van der Waals surface area contributed by atoms with Crippen LogP contribution in [-0.2, 0) is 28.6 Å². The number of carbonyl (C=O) groups excluding carboxylic acids is 3. The maximum atomic E-state index is 12.1. The summed E-state index contributed by atoms with van der Waals surface area (Å²) in [7, 11) is 0. The quantitative estimate of drug-likeness (QED) is 0.520. The van der Waals surface area contributed by atoms with Crippen molar-refractivity contribution in [3.63, 3.8) is 0 Å². The molecular weight excluding hydrogens is 412 g/mol. The fourth-order valence-corrected chi connectivity index (χ4v) is 8.18. The number of ether oxygens (including phenoxy) is 3. The molecule has 4 aliphatic carbocycles. The molecule has 4 aliphatic rings. The van der Waals surface area contributed by atoms with Gasteiger partial charge in [-0.15, -0.1) is 0 Å². The van der Waals surface area contributed by atoms with E-state index in [0.29, 0.717) is 19.3 Å². The van der Waals surface area contributed by atoms with E-state index in [-0.39, 0.29) is 71.4 Å². The Bertz CT molecular complexity index is 780. The minimum atomic E-state index is -0.520. The highest BCUT2D eigenvalue weighted by Crippen LogP contribution is 2.67. The van der Waals surface area contributed by atoms with Gasteiger partial charge in [0.15, 0.2) is 0 Å². The van der Waals surface area contributed by atoms with Crippen LogP contribution in [0.15, 0.2) is 0 Å². The Morgan fingerprint density at radius 1 is 0.781 bits per heavy atom. The molecule has 1 N–H and O–H groups in total. The van der Waals surface area contributed by atoms with Gasteiger partial charge in [0.05, 0.1) is 6.10 Å². The maximum absolute atomic E-state index is 12.1. The topological polar surface area (TPSA) is 99.1 Å². The molecule has 4 saturated carbocycles. The fourth-order valence-electron chi connectivity index (χ4n) is 8.18. The average molecular weight is 451 g/mol. The first kappa shape index (κ1) is 23.5. The lowest BCUT2D eigenvalue weighted by molar-refractivity contribution is -0.228. The molecule has 0 radical (unpaired) electrons. The number of aliphatic hydroxyl groups is 1. The van der Waals surface area contributed by atoms with Crippen molar-refractivity contribution in [2.75, 3.05) is 0 Å². The summed E-state index contributed by atoms with van der Waals surface area (Å²) < 4.78 is 17.6. The monoisotopic (exact) mass is 450 g/mol. The van der Waals surface area contributed by atoms with Crippen LogP contribution in [-0.4, -0.2) is 47.4 Å². The van der Waals surface area contributed by atoms with E-state index >= 15 is 0 Å². The molecule has 0 aromatic carbocycles. The summed E-state index contributed by atoms with van der Waals surface area (Å²) in [6.07, 6.45) is 4.12. The smallest absolute Gasteiger partial charge is 0.302 e. The lowest BCUT2D eigenvalue weighted by Gasteiger charge is -2.63. The van der Waals surface area contributed by atoms with E-state index in [1.54, 1.807) is 0 Å². The van der Waals surface area contributed by atoms with Gasteiger partial charge in [0, 0.05) is 32.1 Å². The Kier molecular flexibility index (Phi) is 6.10. The number of fused-ring (bicyclic) bond motifs is 5. The molecule has 4 fully saturated rings. The van der Waals surface area contributed by atoms with E-state index in [1.807, 2.05) is 0 Å². The van der Waals surface area contributed by atoms with Gasteiger partial charge in [0.1, 0.15) is 18.3 Å². The summed E-state index contributed by atoms with van der Waals surface area (Å²) >= 11 is 0. The van der Waals surface area contributed by atoms with Crippen molar-refractivity contribution in [3.8, 4) is 0 Å². The molecule has 0 spiro atoms. The van der Waals surface area contributed by atoms with Gasteiger partial charge in [-0.1, -0.05) is 13.8 Å². The third kappa shape index (κ3) is 3.74. The summed E-state index contributed by atoms with van der Waals surface area (Å²) in [6.45, 7) is 8.72. The molecule has 4 rings (SSSR count). The van der Waals surface area contributed by atoms with Crippen LogP contribution in [0.4, 0.5) is 0 Å². The van der Waals surface area contributed by atoms with E-state index in [0.717, 1.165) is 25.7 Å². The van der Waals surface area contributed by atoms with Crippen LogP contribution in [0.25, 0.3) is 0 Å². The van der Waals surface area contributed by atoms with Crippen molar-refractivity contribution in [2.24, 2.45) is 34.5 Å². The molecule has 10 atom stereocenters. The van der Waals surface area contributed by atoms with Gasteiger partial charge in [0.25, 0.3) is 0 Å². The molecule has 0 bridgehead atoms. The molecular formula is C25H38O7. The average Bonchev–Trinajstić information content (AvgIpc) is 3.00. The molecule has 7 nitrogen and oxygen atoms in total. The zero-order chi connectivity index (χ0) is 23.4. The zero-order valence-electron chi connectivity index (χ0n) is 20.0. The molecule has 0 aliphatic heterocycles. The molecule has 0 aromatic heterocycles. The van der Waals surface area contributed by atoms with Crippen molar-refractivity contribution in [2.45, 2.75) is 104 Å². The third-order valence-electron chi connectivity index (χ3n) is 9.56. The Morgan fingerprint density at radius 2 is 1.41 bits per heavy atom. The van der Waals surface area contributed by atoms with Gasteiger partial charge < -0.3 is 19.3 Å². The standard InChI is InChI=1S/C25H38O7/c1-13(26)30-20-11-16-10-17(29)8-9-24(16,4)19-12-22(32-15(3)28)25(5)18(23(19)20)6-7-21(25)31-14(2)27/h16-23,29H,6-12H2,1-5H3. The lowest BCUT2D eigenvalue weighted by Crippen LogP contribution is -2.64. The molecule has 0 heterocycles. The van der Waals surface area contributed by atoms with Gasteiger partial charge in [0.2, 0.25) is 0 Å². The van der Waals surface area contributed by atoms with E-state index in [2.05, 4.69) is 13.8 Å². The first-order valence-corrected chi connectivity index (χ1v) is 12.2. The van der Waals surface area contributed by atoms with E-state index in [9.17, 15) is 19.5 Å². The zero-order valence-corrected chi connectivity index (χ0v) is 20.0. The van der Waals surface area contributed by atoms with Crippen molar-refractivity contribution in [1.29, 1.82) is 0 Å². The number of aliphatic hydroxyl groups excluding tert-OH is 1. The summed E-state index contributed by atoms with van der Waals surface area (Å²) in [5.41, 5.74) is -0.534. The van der Waals surface area contributed by atoms with Crippen molar-refractivity contribution in [3.05, 3.63) is 0 Å². The Hall–Kier alpha value is -1.63. The van der Waals surface area contributed by atoms with Crippen LogP contribution in [0.5, 0.6) is 0 Å². The number of rotatable bonds is 3. The van der Waals surface area contributed by atoms with Gasteiger partial charge >= 0.3 is 17.9 Å². The van der Waals surface area contributed by atoms with Crippen molar-refractivity contribution < 1.29 is 33.7 Å². The molecule has 0 aromatic rings. The van der Waals surface area contributed by atoms with E-state index in [4.69, 9.17) is 14.2 Å². The van der Waals surface area contributed by atoms with Gasteiger partial charge in [-0.05, 0) is 68.1 Å². The van der Waals surface area contributed by atoms with Gasteiger partial charge in [-0.2, -0.15) is 0 Å². The van der Waals surface area contributed by atoms with Crippen LogP contribution in [0.3, 0.4) is 0 Å². The predicted octanol–water partition coefficient (Wildman–Crippen LogP) is 3.40. The second kappa shape index (κ2) is 8.30. The highest BCUT2D eigenvalue weighted by molar-refractivity contribution is 5.67. The largest absolute Gasteiger partial charge is 0.462 e. The van der Waals surface area contributed by atoms with Crippen LogP contribution >= 0.6 is 0 Å². The van der Waals surface area contributed by atoms with Crippen LogP contribution < -0.4 is 0 Å². The van der Waals surface area contributed by atoms with Crippen LogP contribution in [0, 0.1) is 34.5 Å². The van der Waals surface area contributed by atoms with E-state index < -0.39 is 5.41 Å². The normalized spacial score (nSPS) is 47.4. The lowest BCUT2D eigenvalue weighted by atomic mass is 9.43. The second-order valence-electron chi connectivity index (χ2n) is 11.2. The Morgan fingerprint density at radius 3 is 2.03 bits per heavy atom. The third-order valence-corrected chi connectivity index (χ3v) is 9.56. The minimum absolute atomic E-state index is 0.0141. The number of carbonyl (C=O) groups is 3. The summed E-state index contributed by atoms with van der Waals surface area (Å²) in [5.74, 6) is -0.241. The van der Waals surface area contributed by atoms with Crippen molar-refractivity contribution in [1.82, 2.24) is 0 Å². The Balaban J connectivity index is 1.77. The highest BCUT2D eigenvalue weighted by atomic mass is 16.6. The minimum Gasteiger partial charge on any atom is -0.462 e.